The zero-order valence-corrected chi connectivity index (χ0v) is 14.3. The molecule has 120 valence electrons. The minimum atomic E-state index is -1.33. The van der Waals surface area contributed by atoms with Crippen LogP contribution in [0, 0.1) is 0 Å². The molecule has 2 aromatic carbocycles. The molecule has 1 atom stereocenters. The van der Waals surface area contributed by atoms with Crippen LogP contribution in [-0.2, 0) is 15.3 Å². The van der Waals surface area contributed by atoms with E-state index in [9.17, 15) is 5.21 Å². The van der Waals surface area contributed by atoms with Gasteiger partial charge in [-0.05, 0) is 23.8 Å². The first-order valence-electron chi connectivity index (χ1n) is 7.00. The second-order valence-corrected chi connectivity index (χ2v) is 5.97. The molecule has 0 aromatic heterocycles. The van der Waals surface area contributed by atoms with E-state index in [2.05, 4.69) is 21.1 Å². The van der Waals surface area contributed by atoms with Crippen LogP contribution >= 0.6 is 15.9 Å². The summed E-state index contributed by atoms with van der Waals surface area (Å²) in [5.74, 6) is -0.717. The number of fused-ring (bicyclic) bond motifs is 1. The van der Waals surface area contributed by atoms with Gasteiger partial charge in [-0.1, -0.05) is 51.4 Å². The molecule has 1 heterocycles. The fraction of sp³-hybridized carbons (Fsp3) is 0.235. The number of oxime groups is 1. The molecule has 0 spiro atoms. The molecule has 0 fully saturated rings. The number of rotatable bonds is 3. The molecule has 0 saturated carbocycles. The van der Waals surface area contributed by atoms with Crippen molar-refractivity contribution in [3.05, 3.63) is 64.1 Å². The van der Waals surface area contributed by atoms with Crippen molar-refractivity contribution in [2.24, 2.45) is 5.16 Å². The van der Waals surface area contributed by atoms with E-state index in [1.54, 1.807) is 0 Å². The molecule has 3 rings (SSSR count). The number of methoxy groups -OCH3 is 2. The number of halogens is 1. The van der Waals surface area contributed by atoms with Gasteiger partial charge in [0.2, 0.25) is 5.79 Å². The van der Waals surface area contributed by atoms with Crippen molar-refractivity contribution in [2.75, 3.05) is 14.2 Å². The van der Waals surface area contributed by atoms with Gasteiger partial charge in [0.1, 0.15) is 5.75 Å². The number of benzene rings is 2. The lowest BCUT2D eigenvalue weighted by molar-refractivity contribution is -0.172. The normalized spacial score (nSPS) is 20.8. The summed E-state index contributed by atoms with van der Waals surface area (Å²) in [5.41, 5.74) is 1.71. The van der Waals surface area contributed by atoms with Gasteiger partial charge in [-0.25, -0.2) is 0 Å². The zero-order valence-electron chi connectivity index (χ0n) is 12.7. The maximum absolute atomic E-state index is 9.65. The maximum Gasteiger partial charge on any atom is 0.246 e. The second-order valence-electron chi connectivity index (χ2n) is 5.06. The van der Waals surface area contributed by atoms with Crippen molar-refractivity contribution in [3.63, 3.8) is 0 Å². The molecular formula is C17H16BrNO4. The monoisotopic (exact) mass is 377 g/mol. The Kier molecular flexibility index (Phi) is 4.39. The smallest absolute Gasteiger partial charge is 0.246 e. The predicted octanol–water partition coefficient (Wildman–Crippen LogP) is 3.86. The summed E-state index contributed by atoms with van der Waals surface area (Å²) >= 11 is 3.43. The van der Waals surface area contributed by atoms with Crippen LogP contribution in [0.3, 0.4) is 0 Å². The third-order valence-corrected chi connectivity index (χ3v) is 4.40. The summed E-state index contributed by atoms with van der Waals surface area (Å²) < 4.78 is 18.2. The molecule has 1 aliphatic heterocycles. The summed E-state index contributed by atoms with van der Waals surface area (Å²) in [6, 6.07) is 15.0. The summed E-state index contributed by atoms with van der Waals surface area (Å²) in [6.07, 6.45) is -0.616. The Morgan fingerprint density at radius 1 is 1.13 bits per heavy atom. The van der Waals surface area contributed by atoms with Gasteiger partial charge in [-0.15, -0.1) is 0 Å². The largest absolute Gasteiger partial charge is 0.479 e. The van der Waals surface area contributed by atoms with Crippen molar-refractivity contribution in [3.8, 4) is 5.75 Å². The first-order valence-corrected chi connectivity index (χ1v) is 7.80. The first kappa shape index (κ1) is 16.0. The molecule has 0 aliphatic carbocycles. The molecule has 0 saturated heterocycles. The van der Waals surface area contributed by atoms with Gasteiger partial charge in [-0.3, -0.25) is 0 Å². The average Bonchev–Trinajstić information content (AvgIpc) is 2.61. The van der Waals surface area contributed by atoms with Crippen LogP contribution in [-0.4, -0.2) is 25.1 Å². The van der Waals surface area contributed by atoms with Gasteiger partial charge >= 0.3 is 0 Å². The van der Waals surface area contributed by atoms with Crippen LogP contribution in [0.25, 0.3) is 0 Å². The third-order valence-electron chi connectivity index (χ3n) is 3.91. The highest BCUT2D eigenvalue weighted by atomic mass is 79.9. The zero-order chi connectivity index (χ0) is 16.4. The molecule has 0 amide bonds. The van der Waals surface area contributed by atoms with Crippen molar-refractivity contribution >= 4 is 21.6 Å². The molecule has 0 bridgehead atoms. The Hall–Kier alpha value is -1.89. The highest BCUT2D eigenvalue weighted by molar-refractivity contribution is 9.10. The average molecular weight is 378 g/mol. The van der Waals surface area contributed by atoms with Gasteiger partial charge in [-0.2, -0.15) is 0 Å². The number of nitrogens with zero attached hydrogens (tertiary/aromatic N) is 1. The van der Waals surface area contributed by atoms with Crippen LogP contribution in [0.5, 0.6) is 5.75 Å². The summed E-state index contributed by atoms with van der Waals surface area (Å²) in [6.45, 7) is 0. The van der Waals surface area contributed by atoms with Crippen LogP contribution in [0.1, 0.15) is 17.2 Å². The molecule has 1 N–H and O–H groups in total. The molecule has 5 nitrogen and oxygen atoms in total. The van der Waals surface area contributed by atoms with E-state index in [1.165, 1.54) is 14.2 Å². The van der Waals surface area contributed by atoms with E-state index in [1.807, 2.05) is 48.5 Å². The van der Waals surface area contributed by atoms with Gasteiger partial charge in [0.05, 0.1) is 5.56 Å². The van der Waals surface area contributed by atoms with Crippen molar-refractivity contribution in [1.82, 2.24) is 0 Å². The van der Waals surface area contributed by atoms with Crippen LogP contribution in [0.4, 0.5) is 0 Å². The summed E-state index contributed by atoms with van der Waals surface area (Å²) in [7, 11) is 3.01. The first-order chi connectivity index (χ1) is 11.2. The quantitative estimate of drug-likeness (QED) is 0.501. The lowest BCUT2D eigenvalue weighted by Crippen LogP contribution is -2.47. The van der Waals surface area contributed by atoms with Crippen molar-refractivity contribution in [2.45, 2.75) is 11.9 Å². The summed E-state index contributed by atoms with van der Waals surface area (Å²) in [4.78, 5) is 0. The van der Waals surface area contributed by atoms with Gasteiger partial charge < -0.3 is 19.4 Å². The van der Waals surface area contributed by atoms with E-state index in [4.69, 9.17) is 14.2 Å². The second kappa shape index (κ2) is 6.31. The number of hydrogen-bond donors (Lipinski definition) is 1. The Bertz CT molecular complexity index is 729. The summed E-state index contributed by atoms with van der Waals surface area (Å²) in [5, 5.41) is 13.1. The van der Waals surface area contributed by atoms with E-state index < -0.39 is 11.9 Å². The standard InChI is InChI=1S/C17H16BrNO4/c1-21-17(22-2)13-10-12(18)8-9-14(13)23-15(16(17)19-20)11-6-4-3-5-7-11/h3-10,15,20H,1-2H3/t15-/m0/s1. The highest BCUT2D eigenvalue weighted by Gasteiger charge is 2.50. The molecule has 2 aromatic rings. The lowest BCUT2D eigenvalue weighted by Gasteiger charge is -2.40. The fourth-order valence-electron chi connectivity index (χ4n) is 2.84. The van der Waals surface area contributed by atoms with Crippen LogP contribution in [0.15, 0.2) is 58.2 Å². The highest BCUT2D eigenvalue weighted by Crippen LogP contribution is 2.46. The Labute approximate surface area is 142 Å². The van der Waals surface area contributed by atoms with E-state index in [-0.39, 0.29) is 5.71 Å². The Morgan fingerprint density at radius 3 is 2.43 bits per heavy atom. The fourth-order valence-corrected chi connectivity index (χ4v) is 3.20. The van der Waals surface area contributed by atoms with Gasteiger partial charge in [0.25, 0.3) is 0 Å². The van der Waals surface area contributed by atoms with E-state index in [0.717, 1.165) is 10.0 Å². The molecule has 6 heteroatoms. The molecule has 0 unspecified atom stereocenters. The third kappa shape index (κ3) is 2.52. The SMILES string of the molecule is COC1(OC)C(=NO)[C@H](c2ccccc2)Oc2ccc(Br)cc21. The molecule has 1 aliphatic rings. The van der Waals surface area contributed by atoms with Crippen molar-refractivity contribution in [1.29, 1.82) is 0 Å². The number of hydrogen-bond acceptors (Lipinski definition) is 5. The molecular weight excluding hydrogens is 362 g/mol. The maximum atomic E-state index is 9.65. The predicted molar refractivity (Wildman–Crippen MR) is 88.9 cm³/mol. The molecule has 23 heavy (non-hydrogen) atoms. The van der Waals surface area contributed by atoms with Gasteiger partial charge in [0.15, 0.2) is 11.8 Å². The topological polar surface area (TPSA) is 60.3 Å². The minimum Gasteiger partial charge on any atom is -0.479 e. The van der Waals surface area contributed by atoms with Crippen LogP contribution < -0.4 is 4.74 Å². The van der Waals surface area contributed by atoms with E-state index in [0.29, 0.717) is 11.3 Å². The Balaban J connectivity index is 2.23. The van der Waals surface area contributed by atoms with Crippen molar-refractivity contribution < 1.29 is 19.4 Å². The molecule has 0 radical (unpaired) electrons. The minimum absolute atomic E-state index is 0.235. The Morgan fingerprint density at radius 2 is 1.83 bits per heavy atom. The van der Waals surface area contributed by atoms with Gasteiger partial charge in [0, 0.05) is 18.7 Å². The van der Waals surface area contributed by atoms with E-state index >= 15 is 0 Å². The van der Waals surface area contributed by atoms with Crippen LogP contribution in [0.2, 0.25) is 0 Å². The number of ether oxygens (including phenoxy) is 3. The lowest BCUT2D eigenvalue weighted by atomic mass is 9.89.